The van der Waals surface area contributed by atoms with Crippen LogP contribution in [0, 0.1) is 17.1 Å². The minimum atomic E-state index is -0.260. The second kappa shape index (κ2) is 12.7. The molecule has 0 radical (unpaired) electrons. The Labute approximate surface area is 211 Å². The van der Waals surface area contributed by atoms with E-state index in [1.807, 2.05) is 36.5 Å². The molecular formula is C28H28ClFN4O. The third-order valence-corrected chi connectivity index (χ3v) is 5.70. The molecule has 7 heteroatoms. The van der Waals surface area contributed by atoms with Crippen LogP contribution >= 0.6 is 12.4 Å². The molecule has 4 rings (SSSR count). The van der Waals surface area contributed by atoms with E-state index >= 15 is 0 Å². The summed E-state index contributed by atoms with van der Waals surface area (Å²) in [6.07, 6.45) is 3.53. The number of hydrogen-bond donors (Lipinski definition) is 2. The van der Waals surface area contributed by atoms with Crippen LogP contribution < -0.4 is 15.4 Å². The summed E-state index contributed by atoms with van der Waals surface area (Å²) >= 11 is 0. The number of fused-ring (bicyclic) bond motifs is 1. The number of methoxy groups -OCH3 is 1. The van der Waals surface area contributed by atoms with Gasteiger partial charge in [-0.05, 0) is 73.0 Å². The molecule has 0 saturated heterocycles. The van der Waals surface area contributed by atoms with Gasteiger partial charge < -0.3 is 15.4 Å². The third-order valence-electron chi connectivity index (χ3n) is 5.70. The number of halogens is 2. The van der Waals surface area contributed by atoms with Gasteiger partial charge in [-0.1, -0.05) is 24.3 Å². The summed E-state index contributed by atoms with van der Waals surface area (Å²) in [6.45, 7) is 2.16. The molecular weight excluding hydrogens is 463 g/mol. The number of rotatable bonds is 10. The van der Waals surface area contributed by atoms with Gasteiger partial charge in [-0.2, -0.15) is 5.26 Å². The highest BCUT2D eigenvalue weighted by Crippen LogP contribution is 2.24. The van der Waals surface area contributed by atoms with E-state index in [4.69, 9.17) is 10.00 Å². The summed E-state index contributed by atoms with van der Waals surface area (Å²) < 4.78 is 18.8. The zero-order valence-corrected chi connectivity index (χ0v) is 20.4. The second-order valence-electron chi connectivity index (χ2n) is 8.11. The van der Waals surface area contributed by atoms with Gasteiger partial charge in [0.15, 0.2) is 0 Å². The smallest absolute Gasteiger partial charge is 0.123 e. The second-order valence-corrected chi connectivity index (χ2v) is 8.11. The number of aromatic nitrogens is 1. The SMILES string of the molecule is COc1ccc(F)cc1CNCCCNc1ccnc2cc(Cc3ccc(C#N)cc3)ccc12.Cl. The quantitative estimate of drug-likeness (QED) is 0.272. The summed E-state index contributed by atoms with van der Waals surface area (Å²) in [4.78, 5) is 4.55. The molecule has 0 atom stereocenters. The van der Waals surface area contributed by atoms with Crippen LogP contribution in [0.3, 0.4) is 0 Å². The molecule has 0 aliphatic carbocycles. The van der Waals surface area contributed by atoms with Gasteiger partial charge in [-0.15, -0.1) is 12.4 Å². The zero-order chi connectivity index (χ0) is 23.8. The Morgan fingerprint density at radius 2 is 1.77 bits per heavy atom. The van der Waals surface area contributed by atoms with Crippen molar-refractivity contribution in [2.24, 2.45) is 0 Å². The Bertz CT molecular complexity index is 1300. The normalized spacial score (nSPS) is 10.4. The van der Waals surface area contributed by atoms with Gasteiger partial charge in [0, 0.05) is 35.9 Å². The first-order valence-electron chi connectivity index (χ1n) is 11.3. The molecule has 0 amide bonds. The van der Waals surface area contributed by atoms with Crippen LogP contribution in [0.1, 0.15) is 28.7 Å². The molecule has 3 aromatic carbocycles. The van der Waals surface area contributed by atoms with Gasteiger partial charge in [-0.25, -0.2) is 4.39 Å². The van der Waals surface area contributed by atoms with Gasteiger partial charge in [0.1, 0.15) is 11.6 Å². The Hall–Kier alpha value is -3.66. The minimum absolute atomic E-state index is 0. The zero-order valence-electron chi connectivity index (χ0n) is 19.6. The predicted molar refractivity (Wildman–Crippen MR) is 141 cm³/mol. The number of pyridine rings is 1. The molecule has 0 saturated carbocycles. The van der Waals surface area contributed by atoms with Crippen LogP contribution in [0.2, 0.25) is 0 Å². The average Bonchev–Trinajstić information content (AvgIpc) is 2.86. The van der Waals surface area contributed by atoms with Crippen molar-refractivity contribution in [2.45, 2.75) is 19.4 Å². The van der Waals surface area contributed by atoms with Crippen LogP contribution in [0.15, 0.2) is 72.9 Å². The monoisotopic (exact) mass is 490 g/mol. The van der Waals surface area contributed by atoms with Crippen LogP contribution in [0.25, 0.3) is 10.9 Å². The summed E-state index contributed by atoms with van der Waals surface area (Å²) in [5, 5.41) is 16.9. The first-order chi connectivity index (χ1) is 16.7. The molecule has 180 valence electrons. The maximum Gasteiger partial charge on any atom is 0.123 e. The lowest BCUT2D eigenvalue weighted by molar-refractivity contribution is 0.406. The Balaban J connectivity index is 0.00000342. The number of benzene rings is 3. The first-order valence-corrected chi connectivity index (χ1v) is 11.3. The summed E-state index contributed by atoms with van der Waals surface area (Å²) in [6, 6.07) is 22.7. The molecule has 35 heavy (non-hydrogen) atoms. The number of ether oxygens (including phenoxy) is 1. The van der Waals surface area contributed by atoms with Gasteiger partial charge in [0.25, 0.3) is 0 Å². The fourth-order valence-electron chi connectivity index (χ4n) is 3.94. The maximum absolute atomic E-state index is 13.5. The van der Waals surface area contributed by atoms with Gasteiger partial charge in [-0.3, -0.25) is 4.98 Å². The van der Waals surface area contributed by atoms with Crippen molar-refractivity contribution in [1.82, 2.24) is 10.3 Å². The maximum atomic E-state index is 13.5. The Kier molecular flexibility index (Phi) is 9.42. The molecule has 5 nitrogen and oxygen atoms in total. The summed E-state index contributed by atoms with van der Waals surface area (Å²) in [7, 11) is 1.59. The fraction of sp³-hybridized carbons (Fsp3) is 0.214. The molecule has 4 aromatic rings. The highest BCUT2D eigenvalue weighted by molar-refractivity contribution is 5.91. The van der Waals surface area contributed by atoms with Crippen molar-refractivity contribution in [3.63, 3.8) is 0 Å². The van der Waals surface area contributed by atoms with Gasteiger partial charge >= 0.3 is 0 Å². The van der Waals surface area contributed by atoms with Crippen molar-refractivity contribution in [1.29, 1.82) is 5.26 Å². The van der Waals surface area contributed by atoms with E-state index in [0.29, 0.717) is 17.9 Å². The topological polar surface area (TPSA) is 70.0 Å². The highest BCUT2D eigenvalue weighted by atomic mass is 35.5. The minimum Gasteiger partial charge on any atom is -0.496 e. The van der Waals surface area contributed by atoms with Crippen LogP contribution in [-0.4, -0.2) is 25.2 Å². The molecule has 0 unspecified atom stereocenters. The first kappa shape index (κ1) is 26.0. The lowest BCUT2D eigenvalue weighted by Crippen LogP contribution is -2.18. The molecule has 0 bridgehead atoms. The van der Waals surface area contributed by atoms with E-state index in [9.17, 15) is 4.39 Å². The van der Waals surface area contributed by atoms with Gasteiger partial charge in [0.2, 0.25) is 0 Å². The van der Waals surface area contributed by atoms with E-state index in [1.54, 1.807) is 13.2 Å². The van der Waals surface area contributed by atoms with Crippen molar-refractivity contribution >= 4 is 29.0 Å². The molecule has 2 N–H and O–H groups in total. The lowest BCUT2D eigenvalue weighted by Gasteiger charge is -2.12. The van der Waals surface area contributed by atoms with Crippen molar-refractivity contribution in [3.8, 4) is 11.8 Å². The van der Waals surface area contributed by atoms with E-state index in [0.717, 1.165) is 53.6 Å². The van der Waals surface area contributed by atoms with Crippen molar-refractivity contribution in [3.05, 3.63) is 101 Å². The standard InChI is InChI=1S/C28H27FN4O.ClH/c1-34-28-10-8-24(29)17-23(28)19-31-12-2-13-32-26-11-14-33-27-16-22(7-9-25(26)27)15-20-3-5-21(18-30)6-4-20;/h3-11,14,16-17,31H,2,12-13,15,19H2,1H3,(H,32,33);1H. The summed E-state index contributed by atoms with van der Waals surface area (Å²) in [5.74, 6) is 0.428. The molecule has 1 aromatic heterocycles. The Morgan fingerprint density at radius 3 is 2.54 bits per heavy atom. The number of anilines is 1. The van der Waals surface area contributed by atoms with E-state index in [-0.39, 0.29) is 18.2 Å². The molecule has 0 fully saturated rings. The Morgan fingerprint density at radius 1 is 0.971 bits per heavy atom. The van der Waals surface area contributed by atoms with Gasteiger partial charge in [0.05, 0.1) is 24.3 Å². The number of nitrogens with zero attached hydrogens (tertiary/aromatic N) is 2. The molecule has 0 aliphatic rings. The largest absolute Gasteiger partial charge is 0.496 e. The average molecular weight is 491 g/mol. The van der Waals surface area contributed by atoms with E-state index in [1.165, 1.54) is 17.7 Å². The van der Waals surface area contributed by atoms with Crippen LogP contribution in [-0.2, 0) is 13.0 Å². The molecule has 0 aliphatic heterocycles. The number of nitrogens with one attached hydrogen (secondary N) is 2. The predicted octanol–water partition coefficient (Wildman–Crippen LogP) is 5.86. The van der Waals surface area contributed by atoms with Crippen molar-refractivity contribution < 1.29 is 9.13 Å². The van der Waals surface area contributed by atoms with E-state index in [2.05, 4.69) is 39.9 Å². The van der Waals surface area contributed by atoms with Crippen LogP contribution in [0.5, 0.6) is 5.75 Å². The molecule has 0 spiro atoms. The number of hydrogen-bond acceptors (Lipinski definition) is 5. The van der Waals surface area contributed by atoms with Crippen LogP contribution in [0.4, 0.5) is 10.1 Å². The fourth-order valence-corrected chi connectivity index (χ4v) is 3.94. The van der Waals surface area contributed by atoms with Crippen molar-refractivity contribution in [2.75, 3.05) is 25.5 Å². The number of nitriles is 1. The lowest BCUT2D eigenvalue weighted by atomic mass is 10.0. The molecule has 1 heterocycles. The highest BCUT2D eigenvalue weighted by Gasteiger charge is 2.06. The summed E-state index contributed by atoms with van der Waals surface area (Å²) in [5.41, 5.74) is 5.83. The third kappa shape index (κ3) is 6.92. The van der Waals surface area contributed by atoms with E-state index < -0.39 is 0 Å².